The summed E-state index contributed by atoms with van der Waals surface area (Å²) in [6.45, 7) is 10.9. The molecule has 1 saturated heterocycles. The first-order valence-corrected chi connectivity index (χ1v) is 10.8. The van der Waals surface area contributed by atoms with Crippen molar-refractivity contribution in [3.05, 3.63) is 34.9 Å². The smallest absolute Gasteiger partial charge is 0.326 e. The Kier molecular flexibility index (Phi) is 6.00. The molecule has 31 heavy (non-hydrogen) atoms. The molecule has 2 fully saturated rings. The lowest BCUT2D eigenvalue weighted by Gasteiger charge is -2.43. The number of nitrogens with one attached hydrogen (secondary N) is 1. The van der Waals surface area contributed by atoms with E-state index in [4.69, 9.17) is 4.74 Å². The Morgan fingerprint density at radius 2 is 1.90 bits per heavy atom. The minimum atomic E-state index is -1.02. The van der Waals surface area contributed by atoms with E-state index in [2.05, 4.69) is 26.1 Å². The molecule has 1 aliphatic carbocycles. The van der Waals surface area contributed by atoms with Crippen molar-refractivity contribution in [1.29, 1.82) is 0 Å². The van der Waals surface area contributed by atoms with Gasteiger partial charge in [0, 0.05) is 5.56 Å². The van der Waals surface area contributed by atoms with E-state index in [9.17, 15) is 19.2 Å². The van der Waals surface area contributed by atoms with Crippen LogP contribution in [-0.2, 0) is 14.3 Å². The topological polar surface area (TPSA) is 92.8 Å². The van der Waals surface area contributed by atoms with Crippen LogP contribution in [0.5, 0.6) is 0 Å². The number of carbonyl (C=O) groups excluding carboxylic acids is 4. The standard InChI is InChI=1S/C24H32N2O5/c1-14-7-8-16(3)18(9-14)20(28)17(4)31-19(27)12-26-21(29)24(25-22(26)30)11-15(2)10-23(5,6)13-24/h7-9,15,17H,10-13H2,1-6H3,(H,25,30)/t15-,17-,24+/m1/s1. The molecule has 1 aromatic rings. The highest BCUT2D eigenvalue weighted by Crippen LogP contribution is 2.46. The van der Waals surface area contributed by atoms with Crippen molar-refractivity contribution in [1.82, 2.24) is 10.2 Å². The number of aryl methyl sites for hydroxylation is 2. The van der Waals surface area contributed by atoms with Gasteiger partial charge in [0.15, 0.2) is 6.10 Å². The van der Waals surface area contributed by atoms with Gasteiger partial charge in [0.1, 0.15) is 12.1 Å². The number of carbonyl (C=O) groups is 4. The lowest BCUT2D eigenvalue weighted by atomic mass is 9.64. The molecule has 1 N–H and O–H groups in total. The summed E-state index contributed by atoms with van der Waals surface area (Å²) in [5.74, 6) is -1.21. The van der Waals surface area contributed by atoms with Crippen LogP contribution < -0.4 is 5.32 Å². The maximum absolute atomic E-state index is 13.2. The van der Waals surface area contributed by atoms with Crippen molar-refractivity contribution >= 4 is 23.7 Å². The number of benzene rings is 1. The lowest BCUT2D eigenvalue weighted by Crippen LogP contribution is -2.54. The molecule has 3 amide bonds. The summed E-state index contributed by atoms with van der Waals surface area (Å²) in [5.41, 5.74) is 1.15. The first-order valence-electron chi connectivity index (χ1n) is 10.8. The van der Waals surface area contributed by atoms with Crippen LogP contribution in [0.15, 0.2) is 18.2 Å². The van der Waals surface area contributed by atoms with Crippen LogP contribution in [0, 0.1) is 25.2 Å². The highest BCUT2D eigenvalue weighted by molar-refractivity contribution is 6.09. The van der Waals surface area contributed by atoms with Crippen LogP contribution in [0.3, 0.4) is 0 Å². The molecule has 1 spiro atoms. The molecular formula is C24H32N2O5. The summed E-state index contributed by atoms with van der Waals surface area (Å²) >= 11 is 0. The maximum Gasteiger partial charge on any atom is 0.326 e. The third-order valence-corrected chi connectivity index (χ3v) is 6.25. The number of hydrogen-bond acceptors (Lipinski definition) is 5. The summed E-state index contributed by atoms with van der Waals surface area (Å²) < 4.78 is 5.30. The number of urea groups is 1. The van der Waals surface area contributed by atoms with Gasteiger partial charge in [-0.05, 0) is 63.0 Å². The lowest BCUT2D eigenvalue weighted by molar-refractivity contribution is -0.150. The number of nitrogens with zero attached hydrogens (tertiary/aromatic N) is 1. The normalized spacial score (nSPS) is 26.0. The Balaban J connectivity index is 1.68. The van der Waals surface area contributed by atoms with Gasteiger partial charge in [-0.2, -0.15) is 0 Å². The molecule has 2 aliphatic rings. The van der Waals surface area contributed by atoms with E-state index in [0.717, 1.165) is 22.4 Å². The molecule has 7 nitrogen and oxygen atoms in total. The van der Waals surface area contributed by atoms with Crippen LogP contribution in [-0.4, -0.2) is 46.8 Å². The van der Waals surface area contributed by atoms with E-state index < -0.39 is 30.2 Å². The second-order valence-corrected chi connectivity index (χ2v) is 10.1. The van der Waals surface area contributed by atoms with Gasteiger partial charge in [0.25, 0.3) is 5.91 Å². The van der Waals surface area contributed by atoms with Gasteiger partial charge in [0.2, 0.25) is 5.78 Å². The van der Waals surface area contributed by atoms with Crippen molar-refractivity contribution in [2.75, 3.05) is 6.54 Å². The SMILES string of the molecule is Cc1ccc(C)c(C(=O)[C@@H](C)OC(=O)CN2C(=O)N[C@]3(C[C@H](C)CC(C)(C)C3)C2=O)c1. The van der Waals surface area contributed by atoms with Crippen LogP contribution in [0.2, 0.25) is 0 Å². The van der Waals surface area contributed by atoms with E-state index in [1.165, 1.54) is 6.92 Å². The van der Waals surface area contributed by atoms with Gasteiger partial charge in [-0.1, -0.05) is 38.5 Å². The van der Waals surface area contributed by atoms with Crippen LogP contribution >= 0.6 is 0 Å². The Hall–Kier alpha value is -2.70. The summed E-state index contributed by atoms with van der Waals surface area (Å²) in [6.07, 6.45) is 1.03. The van der Waals surface area contributed by atoms with Crippen molar-refractivity contribution in [3.63, 3.8) is 0 Å². The van der Waals surface area contributed by atoms with Gasteiger partial charge in [-0.15, -0.1) is 0 Å². The molecule has 3 atom stereocenters. The number of Topliss-reactive ketones (excluding diaryl/α,β-unsaturated/α-hetero) is 1. The van der Waals surface area contributed by atoms with Gasteiger partial charge in [-0.3, -0.25) is 19.3 Å². The second kappa shape index (κ2) is 8.09. The zero-order valence-corrected chi connectivity index (χ0v) is 19.2. The first-order chi connectivity index (χ1) is 14.3. The highest BCUT2D eigenvalue weighted by atomic mass is 16.5. The predicted molar refractivity (Wildman–Crippen MR) is 116 cm³/mol. The Morgan fingerprint density at radius 3 is 2.55 bits per heavy atom. The molecule has 7 heteroatoms. The summed E-state index contributed by atoms with van der Waals surface area (Å²) in [6, 6.07) is 4.93. The number of esters is 1. The van der Waals surface area contributed by atoms with Gasteiger partial charge >= 0.3 is 12.0 Å². The van der Waals surface area contributed by atoms with Gasteiger partial charge in [0.05, 0.1) is 0 Å². The molecule has 1 heterocycles. The monoisotopic (exact) mass is 428 g/mol. The third-order valence-electron chi connectivity index (χ3n) is 6.25. The summed E-state index contributed by atoms with van der Waals surface area (Å²) in [5, 5.41) is 2.84. The number of hydrogen-bond donors (Lipinski definition) is 1. The Morgan fingerprint density at radius 1 is 1.23 bits per heavy atom. The molecule has 0 unspecified atom stereocenters. The molecule has 1 saturated carbocycles. The number of rotatable bonds is 5. The molecule has 0 bridgehead atoms. The van der Waals surface area contributed by atoms with Gasteiger partial charge in [-0.25, -0.2) is 4.79 Å². The van der Waals surface area contributed by atoms with Crippen LogP contribution in [0.4, 0.5) is 4.79 Å². The maximum atomic E-state index is 13.2. The van der Waals surface area contributed by atoms with E-state index in [1.807, 2.05) is 26.0 Å². The number of ether oxygens (including phenoxy) is 1. The van der Waals surface area contributed by atoms with E-state index in [0.29, 0.717) is 18.4 Å². The van der Waals surface area contributed by atoms with Crippen molar-refractivity contribution < 1.29 is 23.9 Å². The third kappa shape index (κ3) is 4.65. The predicted octanol–water partition coefficient (Wildman–Crippen LogP) is 3.55. The molecule has 1 aliphatic heterocycles. The molecule has 0 aromatic heterocycles. The average Bonchev–Trinajstić information content (AvgIpc) is 2.84. The molecule has 0 radical (unpaired) electrons. The Bertz CT molecular complexity index is 938. The van der Waals surface area contributed by atoms with Crippen molar-refractivity contribution in [2.24, 2.45) is 11.3 Å². The first kappa shape index (κ1) is 23.0. The quantitative estimate of drug-likeness (QED) is 0.440. The van der Waals surface area contributed by atoms with E-state index >= 15 is 0 Å². The average molecular weight is 429 g/mol. The fraction of sp³-hybridized carbons (Fsp3) is 0.583. The fourth-order valence-corrected chi connectivity index (χ4v) is 5.29. The molecule has 168 valence electrons. The zero-order chi connectivity index (χ0) is 23.1. The highest BCUT2D eigenvalue weighted by Gasteiger charge is 2.56. The van der Waals surface area contributed by atoms with E-state index in [-0.39, 0.29) is 23.0 Å². The van der Waals surface area contributed by atoms with Gasteiger partial charge < -0.3 is 10.1 Å². The van der Waals surface area contributed by atoms with E-state index in [1.54, 1.807) is 6.07 Å². The fourth-order valence-electron chi connectivity index (χ4n) is 5.29. The number of imide groups is 1. The minimum Gasteiger partial charge on any atom is -0.453 e. The second-order valence-electron chi connectivity index (χ2n) is 10.1. The largest absolute Gasteiger partial charge is 0.453 e. The minimum absolute atomic E-state index is 0.0935. The molecular weight excluding hydrogens is 396 g/mol. The number of amides is 3. The zero-order valence-electron chi connectivity index (χ0n) is 19.2. The van der Waals surface area contributed by atoms with Crippen LogP contribution in [0.1, 0.15) is 68.4 Å². The van der Waals surface area contributed by atoms with Crippen molar-refractivity contribution in [2.45, 2.75) is 72.4 Å². The summed E-state index contributed by atoms with van der Waals surface area (Å²) in [7, 11) is 0. The molecule has 3 rings (SSSR count). The molecule has 1 aromatic carbocycles. The number of ketones is 1. The Labute approximate surface area is 183 Å². The summed E-state index contributed by atoms with van der Waals surface area (Å²) in [4.78, 5) is 51.9. The van der Waals surface area contributed by atoms with Crippen molar-refractivity contribution in [3.8, 4) is 0 Å². The van der Waals surface area contributed by atoms with Crippen LogP contribution in [0.25, 0.3) is 0 Å².